The van der Waals surface area contributed by atoms with Crippen molar-refractivity contribution in [1.29, 1.82) is 0 Å². The molecule has 0 bridgehead atoms. The molecule has 2 saturated carbocycles. The Labute approximate surface area is 203 Å². The van der Waals surface area contributed by atoms with Crippen LogP contribution in [-0.4, -0.2) is 32.9 Å². The van der Waals surface area contributed by atoms with Gasteiger partial charge in [0.1, 0.15) is 17.2 Å². The van der Waals surface area contributed by atoms with Gasteiger partial charge in [0.05, 0.1) is 6.54 Å². The summed E-state index contributed by atoms with van der Waals surface area (Å²) in [5.41, 5.74) is 0.502. The van der Waals surface area contributed by atoms with Gasteiger partial charge in [-0.3, -0.25) is 19.3 Å². The summed E-state index contributed by atoms with van der Waals surface area (Å²) in [7, 11) is 0. The molecule has 0 radical (unpaired) electrons. The summed E-state index contributed by atoms with van der Waals surface area (Å²) in [5, 5.41) is 1.96. The minimum absolute atomic E-state index is 0.0717. The third-order valence-corrected chi connectivity index (χ3v) is 8.14. The molecule has 2 aromatic rings. The smallest absolute Gasteiger partial charge is 0.252 e. The average Bonchev–Trinajstić information content (AvgIpc) is 2.90. The van der Waals surface area contributed by atoms with Crippen LogP contribution in [0, 0.1) is 0 Å². The van der Waals surface area contributed by atoms with E-state index >= 15 is 0 Å². The van der Waals surface area contributed by atoms with E-state index in [0.717, 1.165) is 75.3 Å². The molecule has 1 unspecified atom stereocenters. The Morgan fingerprint density at radius 3 is 1.71 bits per heavy atom. The maximum absolute atomic E-state index is 14.3. The first-order valence-electron chi connectivity index (χ1n) is 13.0. The van der Waals surface area contributed by atoms with Crippen molar-refractivity contribution >= 4 is 11.8 Å². The standard InChI is InChI=1S/C29H36N2O3/c1-23(25-16-8-3-9-17-25)34-31-28(18-10-4-11-19-28)26(32)30(22-24-14-6-2-7-15-24)27(33)29(31)20-12-5-13-21-29/h2-3,6-9,14-17,23H,4-5,10-13,18-22H2,1H3. The van der Waals surface area contributed by atoms with Crippen molar-refractivity contribution in [3.63, 3.8) is 0 Å². The number of hydroxylamine groups is 2. The summed E-state index contributed by atoms with van der Waals surface area (Å²) in [6.07, 6.45) is 8.91. The van der Waals surface area contributed by atoms with Crippen LogP contribution < -0.4 is 0 Å². The van der Waals surface area contributed by atoms with Gasteiger partial charge < -0.3 is 0 Å². The summed E-state index contributed by atoms with van der Waals surface area (Å²) in [5.74, 6) is -0.143. The molecule has 3 aliphatic rings. The molecule has 1 atom stereocenters. The molecule has 1 aliphatic heterocycles. The Hall–Kier alpha value is -2.50. The van der Waals surface area contributed by atoms with Crippen LogP contribution in [0.2, 0.25) is 0 Å². The highest BCUT2D eigenvalue weighted by Gasteiger charge is 2.65. The van der Waals surface area contributed by atoms with Crippen LogP contribution in [0.15, 0.2) is 60.7 Å². The maximum atomic E-state index is 14.3. The highest BCUT2D eigenvalue weighted by Crippen LogP contribution is 2.50. The fourth-order valence-corrected chi connectivity index (χ4v) is 6.34. The van der Waals surface area contributed by atoms with Gasteiger partial charge in [0, 0.05) is 0 Å². The fourth-order valence-electron chi connectivity index (χ4n) is 6.34. The molecule has 1 heterocycles. The Morgan fingerprint density at radius 2 is 1.21 bits per heavy atom. The third-order valence-electron chi connectivity index (χ3n) is 8.14. The molecule has 2 aliphatic carbocycles. The summed E-state index contributed by atoms with van der Waals surface area (Å²) < 4.78 is 0. The molecular formula is C29H36N2O3. The van der Waals surface area contributed by atoms with E-state index in [1.165, 1.54) is 0 Å². The van der Waals surface area contributed by atoms with Gasteiger partial charge in [-0.25, -0.2) is 0 Å². The van der Waals surface area contributed by atoms with Crippen LogP contribution in [-0.2, 0) is 21.0 Å². The number of nitrogens with zero attached hydrogens (tertiary/aromatic N) is 2. The van der Waals surface area contributed by atoms with Crippen molar-refractivity contribution in [1.82, 2.24) is 9.96 Å². The van der Waals surface area contributed by atoms with Gasteiger partial charge in [0.2, 0.25) is 0 Å². The highest BCUT2D eigenvalue weighted by molar-refractivity contribution is 6.06. The number of imide groups is 1. The first-order chi connectivity index (χ1) is 16.6. The Balaban J connectivity index is 1.57. The largest absolute Gasteiger partial charge is 0.289 e. The van der Waals surface area contributed by atoms with Crippen LogP contribution >= 0.6 is 0 Å². The molecule has 5 nitrogen and oxygen atoms in total. The van der Waals surface area contributed by atoms with Crippen molar-refractivity contribution in [2.45, 2.75) is 94.9 Å². The number of hydrogen-bond donors (Lipinski definition) is 0. The zero-order chi connectivity index (χ0) is 23.6. The quantitative estimate of drug-likeness (QED) is 0.517. The second-order valence-electron chi connectivity index (χ2n) is 10.3. The first-order valence-corrected chi connectivity index (χ1v) is 13.0. The molecule has 0 N–H and O–H groups in total. The van der Waals surface area contributed by atoms with Gasteiger partial charge in [-0.2, -0.15) is 5.06 Å². The van der Waals surface area contributed by atoms with Crippen LogP contribution in [0.5, 0.6) is 0 Å². The zero-order valence-corrected chi connectivity index (χ0v) is 20.2. The SMILES string of the molecule is CC(ON1C2(CCCCC2)C(=O)N(Cc2ccccc2)C(=O)C12CCCCC2)c1ccccc1. The van der Waals surface area contributed by atoms with Gasteiger partial charge in [-0.05, 0) is 43.7 Å². The molecule has 2 aromatic carbocycles. The van der Waals surface area contributed by atoms with Crippen LogP contribution in [0.25, 0.3) is 0 Å². The number of rotatable bonds is 5. The van der Waals surface area contributed by atoms with Crippen molar-refractivity contribution in [2.24, 2.45) is 0 Å². The van der Waals surface area contributed by atoms with E-state index in [1.54, 1.807) is 4.90 Å². The summed E-state index contributed by atoms with van der Waals surface area (Å²) in [6, 6.07) is 20.0. The number of amides is 2. The number of piperazine rings is 1. The predicted molar refractivity (Wildman–Crippen MR) is 131 cm³/mol. The summed E-state index contributed by atoms with van der Waals surface area (Å²) >= 11 is 0. The van der Waals surface area contributed by atoms with Crippen molar-refractivity contribution < 1.29 is 14.4 Å². The Kier molecular flexibility index (Phi) is 6.59. The number of benzene rings is 2. The van der Waals surface area contributed by atoms with E-state index < -0.39 is 11.1 Å². The second-order valence-corrected chi connectivity index (χ2v) is 10.3. The third kappa shape index (κ3) is 3.99. The predicted octanol–water partition coefficient (Wildman–Crippen LogP) is 5.96. The molecule has 34 heavy (non-hydrogen) atoms. The van der Waals surface area contributed by atoms with Crippen LogP contribution in [0.4, 0.5) is 0 Å². The van der Waals surface area contributed by atoms with Crippen molar-refractivity contribution in [3.8, 4) is 0 Å². The fraction of sp³-hybridized carbons (Fsp3) is 0.517. The van der Waals surface area contributed by atoms with E-state index in [9.17, 15) is 9.59 Å². The molecule has 2 spiro atoms. The molecule has 3 fully saturated rings. The molecule has 180 valence electrons. The van der Waals surface area contributed by atoms with Crippen LogP contribution in [0.3, 0.4) is 0 Å². The number of carbonyl (C=O) groups excluding carboxylic acids is 2. The Bertz CT molecular complexity index is 957. The zero-order valence-electron chi connectivity index (χ0n) is 20.2. The summed E-state index contributed by atoms with van der Waals surface area (Å²) in [6.45, 7) is 2.37. The minimum Gasteiger partial charge on any atom is -0.289 e. The van der Waals surface area contributed by atoms with Crippen molar-refractivity contribution in [2.75, 3.05) is 0 Å². The van der Waals surface area contributed by atoms with Gasteiger partial charge in [-0.15, -0.1) is 0 Å². The topological polar surface area (TPSA) is 49.9 Å². The minimum atomic E-state index is -0.776. The number of hydrogen-bond acceptors (Lipinski definition) is 4. The highest BCUT2D eigenvalue weighted by atomic mass is 16.7. The molecule has 1 saturated heterocycles. The lowest BCUT2D eigenvalue weighted by Crippen LogP contribution is -2.77. The lowest BCUT2D eigenvalue weighted by atomic mass is 9.70. The van der Waals surface area contributed by atoms with Crippen molar-refractivity contribution in [3.05, 3.63) is 71.8 Å². The normalized spacial score (nSPS) is 23.4. The lowest BCUT2D eigenvalue weighted by molar-refractivity contribution is -0.313. The summed E-state index contributed by atoms with van der Waals surface area (Å²) in [4.78, 5) is 36.9. The average molecular weight is 461 g/mol. The molecule has 5 rings (SSSR count). The van der Waals surface area contributed by atoms with E-state index in [1.807, 2.05) is 60.5 Å². The second kappa shape index (κ2) is 9.63. The number of carbonyl (C=O) groups is 2. The van der Waals surface area contributed by atoms with Crippen LogP contribution in [0.1, 0.15) is 88.4 Å². The van der Waals surface area contributed by atoms with E-state index in [2.05, 4.69) is 12.1 Å². The first kappa shape index (κ1) is 23.3. The molecule has 5 heteroatoms. The van der Waals surface area contributed by atoms with E-state index in [4.69, 9.17) is 4.84 Å². The molecular weight excluding hydrogens is 424 g/mol. The monoisotopic (exact) mass is 460 g/mol. The van der Waals surface area contributed by atoms with E-state index in [-0.39, 0.29) is 17.9 Å². The van der Waals surface area contributed by atoms with Gasteiger partial charge in [0.15, 0.2) is 0 Å². The van der Waals surface area contributed by atoms with Gasteiger partial charge in [-0.1, -0.05) is 99.2 Å². The lowest BCUT2D eigenvalue weighted by Gasteiger charge is -2.59. The molecule has 0 aromatic heterocycles. The van der Waals surface area contributed by atoms with Gasteiger partial charge >= 0.3 is 0 Å². The maximum Gasteiger partial charge on any atom is 0.252 e. The van der Waals surface area contributed by atoms with Gasteiger partial charge in [0.25, 0.3) is 11.8 Å². The van der Waals surface area contributed by atoms with E-state index in [0.29, 0.717) is 6.54 Å². The molecule has 2 amide bonds. The Morgan fingerprint density at radius 1 is 0.735 bits per heavy atom.